The standard InChI is InChI=1S/C29H28N2O6S/c1-5-35-24-15-19(12-13-23(24)37-28(33)20-10-8-7-9-11-20)14-21(17-30)26(32)31-27-22(29(34)36-6-2)16-25(38-27)18(3)4/h7-16,18H,5-6H2,1-4H3,(H,31,32). The largest absolute Gasteiger partial charge is 0.490 e. The van der Waals surface area contributed by atoms with E-state index in [2.05, 4.69) is 5.32 Å². The number of rotatable bonds is 10. The van der Waals surface area contributed by atoms with E-state index in [0.717, 1.165) is 4.88 Å². The molecule has 1 amide bonds. The van der Waals surface area contributed by atoms with Crippen LogP contribution in [0.2, 0.25) is 0 Å². The van der Waals surface area contributed by atoms with Crippen molar-refractivity contribution in [2.45, 2.75) is 33.6 Å². The number of thiophene rings is 1. The summed E-state index contributed by atoms with van der Waals surface area (Å²) in [6.45, 7) is 7.94. The van der Waals surface area contributed by atoms with E-state index in [1.165, 1.54) is 23.5 Å². The zero-order chi connectivity index (χ0) is 27.7. The second-order valence-electron chi connectivity index (χ2n) is 8.29. The first-order chi connectivity index (χ1) is 18.3. The molecule has 0 spiro atoms. The van der Waals surface area contributed by atoms with E-state index in [4.69, 9.17) is 14.2 Å². The zero-order valence-corrected chi connectivity index (χ0v) is 22.4. The Balaban J connectivity index is 1.86. The number of carbonyl (C=O) groups excluding carboxylic acids is 3. The van der Waals surface area contributed by atoms with Gasteiger partial charge in [-0.2, -0.15) is 5.26 Å². The highest BCUT2D eigenvalue weighted by Gasteiger charge is 2.22. The van der Waals surface area contributed by atoms with Crippen LogP contribution < -0.4 is 14.8 Å². The molecule has 3 aromatic rings. The lowest BCUT2D eigenvalue weighted by atomic mass is 10.1. The molecule has 2 aromatic carbocycles. The third kappa shape index (κ3) is 7.08. The Morgan fingerprint density at radius 1 is 1.00 bits per heavy atom. The Labute approximate surface area is 225 Å². The van der Waals surface area contributed by atoms with Crippen LogP contribution in [0.25, 0.3) is 6.08 Å². The van der Waals surface area contributed by atoms with Crippen LogP contribution in [0, 0.1) is 11.3 Å². The fourth-order valence-corrected chi connectivity index (χ4v) is 4.38. The quantitative estimate of drug-likeness (QED) is 0.143. The predicted octanol–water partition coefficient (Wildman–Crippen LogP) is 6.21. The molecule has 3 rings (SSSR count). The number of benzene rings is 2. The van der Waals surface area contributed by atoms with Gasteiger partial charge in [0.25, 0.3) is 5.91 Å². The third-order valence-electron chi connectivity index (χ3n) is 5.20. The van der Waals surface area contributed by atoms with Crippen LogP contribution in [0.5, 0.6) is 11.5 Å². The Kier molecular flexibility index (Phi) is 9.79. The van der Waals surface area contributed by atoms with E-state index in [9.17, 15) is 19.6 Å². The van der Waals surface area contributed by atoms with Crippen molar-refractivity contribution < 1.29 is 28.6 Å². The first-order valence-corrected chi connectivity index (χ1v) is 12.9. The smallest absolute Gasteiger partial charge is 0.343 e. The third-order valence-corrected chi connectivity index (χ3v) is 6.55. The van der Waals surface area contributed by atoms with Crippen molar-refractivity contribution in [3.8, 4) is 17.6 Å². The van der Waals surface area contributed by atoms with Gasteiger partial charge in [0.15, 0.2) is 11.5 Å². The lowest BCUT2D eigenvalue weighted by Crippen LogP contribution is -2.15. The Morgan fingerprint density at radius 2 is 1.74 bits per heavy atom. The van der Waals surface area contributed by atoms with Gasteiger partial charge in [0.1, 0.15) is 16.6 Å². The monoisotopic (exact) mass is 532 g/mol. The summed E-state index contributed by atoms with van der Waals surface area (Å²) in [4.78, 5) is 38.8. The molecule has 1 aromatic heterocycles. The normalized spacial score (nSPS) is 11.0. The average Bonchev–Trinajstić information content (AvgIpc) is 3.33. The number of ether oxygens (including phenoxy) is 3. The molecular weight excluding hydrogens is 504 g/mol. The Hall–Kier alpha value is -4.42. The van der Waals surface area contributed by atoms with Crippen LogP contribution in [0.15, 0.2) is 60.2 Å². The SMILES string of the molecule is CCOC(=O)c1cc(C(C)C)sc1NC(=O)C(C#N)=Cc1ccc(OC(=O)c2ccccc2)c(OCC)c1. The van der Waals surface area contributed by atoms with Crippen molar-refractivity contribution in [1.82, 2.24) is 0 Å². The Bertz CT molecular complexity index is 1390. The molecule has 0 aliphatic carbocycles. The molecule has 0 radical (unpaired) electrons. The molecule has 9 heteroatoms. The highest BCUT2D eigenvalue weighted by Crippen LogP contribution is 2.34. The van der Waals surface area contributed by atoms with E-state index < -0.39 is 17.8 Å². The number of amides is 1. The van der Waals surface area contributed by atoms with Crippen molar-refractivity contribution in [2.75, 3.05) is 18.5 Å². The summed E-state index contributed by atoms with van der Waals surface area (Å²) < 4.78 is 16.3. The minimum absolute atomic E-state index is 0.135. The summed E-state index contributed by atoms with van der Waals surface area (Å²) in [7, 11) is 0. The molecule has 0 fully saturated rings. The predicted molar refractivity (Wildman–Crippen MR) is 146 cm³/mol. The maximum absolute atomic E-state index is 13.0. The maximum atomic E-state index is 13.0. The molecule has 0 aliphatic rings. The van der Waals surface area contributed by atoms with Gasteiger partial charge in [-0.05, 0) is 61.7 Å². The number of nitrogens with one attached hydrogen (secondary N) is 1. The fraction of sp³-hybridized carbons (Fsp3) is 0.241. The minimum atomic E-state index is -0.673. The summed E-state index contributed by atoms with van der Waals surface area (Å²) in [5.41, 5.74) is 0.934. The number of esters is 2. The van der Waals surface area contributed by atoms with Gasteiger partial charge in [0.05, 0.1) is 24.3 Å². The van der Waals surface area contributed by atoms with Crippen LogP contribution in [-0.2, 0) is 9.53 Å². The molecule has 0 unspecified atom stereocenters. The number of nitriles is 1. The molecule has 1 heterocycles. The van der Waals surface area contributed by atoms with Gasteiger partial charge in [0.2, 0.25) is 0 Å². The number of carbonyl (C=O) groups is 3. The number of nitrogens with zero attached hydrogens (tertiary/aromatic N) is 1. The number of anilines is 1. The van der Waals surface area contributed by atoms with Gasteiger partial charge in [-0.3, -0.25) is 4.79 Å². The molecule has 0 bridgehead atoms. The number of hydrogen-bond donors (Lipinski definition) is 1. The van der Waals surface area contributed by atoms with Gasteiger partial charge < -0.3 is 19.5 Å². The van der Waals surface area contributed by atoms with Crippen LogP contribution in [0.4, 0.5) is 5.00 Å². The summed E-state index contributed by atoms with van der Waals surface area (Å²) in [5, 5.41) is 12.7. The molecule has 0 saturated heterocycles. The highest BCUT2D eigenvalue weighted by molar-refractivity contribution is 7.16. The molecule has 0 aliphatic heterocycles. The van der Waals surface area contributed by atoms with Crippen LogP contribution in [0.3, 0.4) is 0 Å². The molecule has 0 saturated carbocycles. The summed E-state index contributed by atoms with van der Waals surface area (Å²) in [6, 6.07) is 16.9. The molecule has 0 atom stereocenters. The van der Waals surface area contributed by atoms with E-state index in [0.29, 0.717) is 22.7 Å². The summed E-state index contributed by atoms with van der Waals surface area (Å²) in [6.07, 6.45) is 1.39. The van der Waals surface area contributed by atoms with E-state index >= 15 is 0 Å². The van der Waals surface area contributed by atoms with E-state index in [-0.39, 0.29) is 35.2 Å². The van der Waals surface area contributed by atoms with Crippen LogP contribution in [0.1, 0.15) is 64.8 Å². The number of hydrogen-bond acceptors (Lipinski definition) is 8. The topological polar surface area (TPSA) is 115 Å². The zero-order valence-electron chi connectivity index (χ0n) is 21.6. The lowest BCUT2D eigenvalue weighted by Gasteiger charge is -2.12. The van der Waals surface area contributed by atoms with Crippen molar-refractivity contribution in [3.63, 3.8) is 0 Å². The van der Waals surface area contributed by atoms with E-state index in [1.807, 2.05) is 19.9 Å². The summed E-state index contributed by atoms with van der Waals surface area (Å²) in [5.74, 6) is -1.13. The second kappa shape index (κ2) is 13.2. The minimum Gasteiger partial charge on any atom is -0.490 e. The first kappa shape index (κ1) is 28.2. The van der Waals surface area contributed by atoms with Crippen molar-refractivity contribution in [3.05, 3.63) is 81.7 Å². The van der Waals surface area contributed by atoms with Crippen molar-refractivity contribution in [2.24, 2.45) is 0 Å². The highest BCUT2D eigenvalue weighted by atomic mass is 32.1. The summed E-state index contributed by atoms with van der Waals surface area (Å²) >= 11 is 1.26. The molecular formula is C29H28N2O6S. The van der Waals surface area contributed by atoms with Crippen LogP contribution in [-0.4, -0.2) is 31.1 Å². The van der Waals surface area contributed by atoms with E-state index in [1.54, 1.807) is 62.4 Å². The second-order valence-corrected chi connectivity index (χ2v) is 9.37. The van der Waals surface area contributed by atoms with Crippen molar-refractivity contribution in [1.29, 1.82) is 5.26 Å². The fourth-order valence-electron chi connectivity index (χ4n) is 3.33. The average molecular weight is 533 g/mol. The molecule has 1 N–H and O–H groups in total. The van der Waals surface area contributed by atoms with Gasteiger partial charge in [-0.25, -0.2) is 9.59 Å². The Morgan fingerprint density at radius 3 is 2.37 bits per heavy atom. The molecule has 196 valence electrons. The van der Waals surface area contributed by atoms with Gasteiger partial charge in [0, 0.05) is 4.88 Å². The van der Waals surface area contributed by atoms with Gasteiger partial charge >= 0.3 is 11.9 Å². The molecule has 38 heavy (non-hydrogen) atoms. The maximum Gasteiger partial charge on any atom is 0.343 e. The van der Waals surface area contributed by atoms with Gasteiger partial charge in [-0.1, -0.05) is 38.1 Å². The van der Waals surface area contributed by atoms with Crippen LogP contribution >= 0.6 is 11.3 Å². The molecule has 8 nitrogen and oxygen atoms in total. The first-order valence-electron chi connectivity index (χ1n) is 12.0. The lowest BCUT2D eigenvalue weighted by molar-refractivity contribution is -0.112. The van der Waals surface area contributed by atoms with Gasteiger partial charge in [-0.15, -0.1) is 11.3 Å². The van der Waals surface area contributed by atoms with Crippen molar-refractivity contribution >= 4 is 40.3 Å².